The van der Waals surface area contributed by atoms with Crippen molar-refractivity contribution in [3.05, 3.63) is 17.7 Å². The summed E-state index contributed by atoms with van der Waals surface area (Å²) in [5, 5.41) is 2.62. The Hall–Kier alpha value is -2.28. The van der Waals surface area contributed by atoms with Crippen molar-refractivity contribution in [2.45, 2.75) is 6.92 Å². The van der Waals surface area contributed by atoms with E-state index in [1.807, 2.05) is 0 Å². The normalized spacial score (nSPS) is 10.0. The maximum absolute atomic E-state index is 11.6. The second-order valence-electron chi connectivity index (χ2n) is 4.12. The number of hydrogen-bond acceptors (Lipinski definition) is 6. The van der Waals surface area contributed by atoms with Gasteiger partial charge in [-0.25, -0.2) is 0 Å². The number of carbonyl (C=O) groups excluding carboxylic acids is 2. The van der Waals surface area contributed by atoms with Crippen LogP contribution in [0.15, 0.2) is 12.1 Å². The maximum Gasteiger partial charge on any atom is 0.258 e. The summed E-state index contributed by atoms with van der Waals surface area (Å²) in [5.41, 5.74) is 6.45. The Labute approximate surface area is 123 Å². The molecule has 1 amide bonds. The minimum Gasteiger partial charge on any atom is -0.490 e. The highest BCUT2D eigenvalue weighted by atomic mass is 16.5. The van der Waals surface area contributed by atoms with Crippen LogP contribution >= 0.6 is 0 Å². The number of nitrogens with one attached hydrogen (secondary N) is 1. The lowest BCUT2D eigenvalue weighted by Gasteiger charge is -2.14. The highest BCUT2D eigenvalue weighted by Gasteiger charge is 2.13. The molecule has 0 radical (unpaired) electrons. The molecule has 21 heavy (non-hydrogen) atoms. The van der Waals surface area contributed by atoms with Crippen LogP contribution in [0.3, 0.4) is 0 Å². The molecule has 0 fully saturated rings. The van der Waals surface area contributed by atoms with Crippen LogP contribution < -0.4 is 20.5 Å². The monoisotopic (exact) mass is 296 g/mol. The van der Waals surface area contributed by atoms with Gasteiger partial charge in [0.25, 0.3) is 5.91 Å². The van der Waals surface area contributed by atoms with Crippen LogP contribution in [0.1, 0.15) is 17.3 Å². The lowest BCUT2D eigenvalue weighted by Crippen LogP contribution is -2.31. The van der Waals surface area contributed by atoms with Gasteiger partial charge in [-0.1, -0.05) is 0 Å². The molecule has 116 valence electrons. The van der Waals surface area contributed by atoms with E-state index in [2.05, 4.69) is 5.32 Å². The second kappa shape index (κ2) is 8.80. The van der Waals surface area contributed by atoms with Gasteiger partial charge in [0.1, 0.15) is 6.29 Å². The fraction of sp³-hybridized carbons (Fsp3) is 0.429. The number of nitrogens with two attached hydrogens (primary N) is 1. The Morgan fingerprint density at radius 2 is 2.14 bits per heavy atom. The van der Waals surface area contributed by atoms with E-state index in [0.717, 1.165) is 0 Å². The van der Waals surface area contributed by atoms with Gasteiger partial charge in [0.2, 0.25) is 0 Å². The smallest absolute Gasteiger partial charge is 0.258 e. The molecule has 7 heteroatoms. The van der Waals surface area contributed by atoms with Crippen LogP contribution in [-0.2, 0) is 9.53 Å². The van der Waals surface area contributed by atoms with Crippen LogP contribution in [0.25, 0.3) is 0 Å². The summed E-state index contributed by atoms with van der Waals surface area (Å²) in [6.45, 7) is 2.81. The summed E-state index contributed by atoms with van der Waals surface area (Å²) >= 11 is 0. The zero-order valence-corrected chi connectivity index (χ0v) is 12.2. The van der Waals surface area contributed by atoms with Crippen LogP contribution in [-0.4, -0.2) is 45.7 Å². The van der Waals surface area contributed by atoms with Crippen molar-refractivity contribution >= 4 is 17.9 Å². The zero-order valence-electron chi connectivity index (χ0n) is 12.2. The molecule has 3 N–H and O–H groups in total. The Kier molecular flexibility index (Phi) is 7.03. The molecule has 0 atom stereocenters. The van der Waals surface area contributed by atoms with Crippen LogP contribution in [0.4, 0.5) is 5.69 Å². The van der Waals surface area contributed by atoms with Crippen molar-refractivity contribution in [2.24, 2.45) is 0 Å². The van der Waals surface area contributed by atoms with E-state index >= 15 is 0 Å². The fourth-order valence-electron chi connectivity index (χ4n) is 1.61. The lowest BCUT2D eigenvalue weighted by molar-refractivity contribution is -0.123. The lowest BCUT2D eigenvalue weighted by atomic mass is 10.2. The minimum atomic E-state index is -0.298. The Bertz CT molecular complexity index is 490. The third-order valence-electron chi connectivity index (χ3n) is 2.52. The predicted octanol–water partition coefficient (Wildman–Crippen LogP) is 0.621. The van der Waals surface area contributed by atoms with E-state index in [1.165, 1.54) is 12.1 Å². The summed E-state index contributed by atoms with van der Waals surface area (Å²) < 4.78 is 15.6. The summed E-state index contributed by atoms with van der Waals surface area (Å²) in [6, 6.07) is 2.98. The summed E-state index contributed by atoms with van der Waals surface area (Å²) in [7, 11) is 1.55. The first-order chi connectivity index (χ1) is 10.1. The van der Waals surface area contributed by atoms with E-state index in [4.69, 9.17) is 19.9 Å². The molecule has 0 spiro atoms. The van der Waals surface area contributed by atoms with Crippen molar-refractivity contribution in [1.82, 2.24) is 5.32 Å². The van der Waals surface area contributed by atoms with Gasteiger partial charge in [-0.05, 0) is 19.1 Å². The topological polar surface area (TPSA) is 99.9 Å². The average Bonchev–Trinajstić information content (AvgIpc) is 2.46. The largest absolute Gasteiger partial charge is 0.490 e. The third kappa shape index (κ3) is 5.31. The number of benzene rings is 1. The molecule has 7 nitrogen and oxygen atoms in total. The van der Waals surface area contributed by atoms with E-state index in [9.17, 15) is 9.59 Å². The number of anilines is 1. The van der Waals surface area contributed by atoms with Gasteiger partial charge < -0.3 is 25.3 Å². The van der Waals surface area contributed by atoms with Crippen LogP contribution in [0.5, 0.6) is 11.5 Å². The van der Waals surface area contributed by atoms with Gasteiger partial charge >= 0.3 is 0 Å². The second-order valence-corrected chi connectivity index (χ2v) is 4.12. The highest BCUT2D eigenvalue weighted by molar-refractivity contribution is 5.81. The maximum atomic E-state index is 11.6. The standard InChI is InChI=1S/C14H20N2O5/c1-3-20-12-7-10(8-17)6-11(15)14(12)21-9-13(18)16-4-5-19-2/h6-8H,3-5,9,15H2,1-2H3,(H,16,18). The van der Waals surface area contributed by atoms with Gasteiger partial charge in [-0.15, -0.1) is 0 Å². The number of carbonyl (C=O) groups is 2. The molecule has 1 aromatic rings. The van der Waals surface area contributed by atoms with Crippen molar-refractivity contribution in [3.8, 4) is 11.5 Å². The molecule has 0 aliphatic rings. The van der Waals surface area contributed by atoms with Crippen molar-refractivity contribution in [3.63, 3.8) is 0 Å². The first-order valence-electron chi connectivity index (χ1n) is 6.52. The highest BCUT2D eigenvalue weighted by Crippen LogP contribution is 2.34. The van der Waals surface area contributed by atoms with Gasteiger partial charge in [-0.3, -0.25) is 9.59 Å². The molecular formula is C14H20N2O5. The van der Waals surface area contributed by atoms with Crippen molar-refractivity contribution in [1.29, 1.82) is 0 Å². The molecule has 0 bridgehead atoms. The fourth-order valence-corrected chi connectivity index (χ4v) is 1.61. The average molecular weight is 296 g/mol. The van der Waals surface area contributed by atoms with Crippen molar-refractivity contribution in [2.75, 3.05) is 39.2 Å². The summed E-state index contributed by atoms with van der Waals surface area (Å²) in [4.78, 5) is 22.4. The molecule has 0 heterocycles. The Morgan fingerprint density at radius 1 is 1.38 bits per heavy atom. The number of nitrogen functional groups attached to an aromatic ring is 1. The quantitative estimate of drug-likeness (QED) is 0.394. The molecule has 0 saturated carbocycles. The molecule has 0 aromatic heterocycles. The van der Waals surface area contributed by atoms with Gasteiger partial charge in [0.15, 0.2) is 18.1 Å². The number of hydrogen-bond donors (Lipinski definition) is 2. The number of aldehydes is 1. The van der Waals surface area contributed by atoms with E-state index in [-0.39, 0.29) is 24.0 Å². The summed E-state index contributed by atoms with van der Waals surface area (Å²) in [6.07, 6.45) is 0.667. The Morgan fingerprint density at radius 3 is 2.76 bits per heavy atom. The molecular weight excluding hydrogens is 276 g/mol. The predicted molar refractivity (Wildman–Crippen MR) is 77.8 cm³/mol. The third-order valence-corrected chi connectivity index (χ3v) is 2.52. The molecule has 1 rings (SSSR count). The first kappa shape index (κ1) is 16.8. The number of ether oxygens (including phenoxy) is 3. The number of methoxy groups -OCH3 is 1. The van der Waals surface area contributed by atoms with Gasteiger partial charge in [0, 0.05) is 19.2 Å². The van der Waals surface area contributed by atoms with Gasteiger partial charge in [-0.2, -0.15) is 0 Å². The van der Waals surface area contributed by atoms with E-state index in [0.29, 0.717) is 37.4 Å². The first-order valence-corrected chi connectivity index (χ1v) is 6.52. The van der Waals surface area contributed by atoms with E-state index in [1.54, 1.807) is 14.0 Å². The van der Waals surface area contributed by atoms with E-state index < -0.39 is 0 Å². The van der Waals surface area contributed by atoms with Crippen molar-refractivity contribution < 1.29 is 23.8 Å². The number of rotatable bonds is 9. The molecule has 0 aliphatic carbocycles. The minimum absolute atomic E-state index is 0.200. The molecule has 0 aliphatic heterocycles. The van der Waals surface area contributed by atoms with Gasteiger partial charge in [0.05, 0.1) is 18.9 Å². The molecule has 0 unspecified atom stereocenters. The number of amides is 1. The molecule has 0 saturated heterocycles. The zero-order chi connectivity index (χ0) is 15.7. The Balaban J connectivity index is 2.72. The van der Waals surface area contributed by atoms with Crippen LogP contribution in [0, 0.1) is 0 Å². The SMILES string of the molecule is CCOc1cc(C=O)cc(N)c1OCC(=O)NCCOC. The molecule has 1 aromatic carbocycles. The van der Waals surface area contributed by atoms with Crippen LogP contribution in [0.2, 0.25) is 0 Å². The summed E-state index contributed by atoms with van der Waals surface area (Å²) in [5.74, 6) is 0.294.